The number of hydrogen-bond donors (Lipinski definition) is 1. The number of carboxylic acids is 1. The second-order valence-corrected chi connectivity index (χ2v) is 6.59. The van der Waals surface area contributed by atoms with Crippen molar-refractivity contribution in [1.82, 2.24) is 0 Å². The van der Waals surface area contributed by atoms with Crippen molar-refractivity contribution in [3.8, 4) is 6.07 Å². The number of sulfone groups is 1. The average Bonchev–Trinajstić information content (AvgIpc) is 3.00. The van der Waals surface area contributed by atoms with E-state index in [-0.39, 0.29) is 0 Å². The Bertz CT molecular complexity index is 632. The normalized spacial score (nSPS) is 30.4. The quantitative estimate of drug-likeness (QED) is 0.871. The van der Waals surface area contributed by atoms with Crippen molar-refractivity contribution in [1.29, 1.82) is 5.26 Å². The molecule has 0 radical (unpaired) electrons. The molecule has 1 fully saturated rings. The molecule has 6 heteroatoms. The van der Waals surface area contributed by atoms with Crippen molar-refractivity contribution in [2.75, 3.05) is 6.26 Å². The predicted molar refractivity (Wildman–Crippen MR) is 63.5 cm³/mol. The number of carboxylic acid groups (broad SMARTS) is 1. The van der Waals surface area contributed by atoms with Crippen molar-refractivity contribution < 1.29 is 18.3 Å². The SMILES string of the molecule is CS(=O)(=O)[C@@H]1[C@H](c2ccccc2)[C@@]1(C#N)C(=O)O. The fourth-order valence-electron chi connectivity index (χ4n) is 2.47. The molecule has 0 aliphatic heterocycles. The third kappa shape index (κ3) is 1.59. The Labute approximate surface area is 105 Å². The topological polar surface area (TPSA) is 95.2 Å². The second-order valence-electron chi connectivity index (χ2n) is 4.42. The van der Waals surface area contributed by atoms with Crippen molar-refractivity contribution in [2.45, 2.75) is 11.2 Å². The Morgan fingerprint density at radius 1 is 1.39 bits per heavy atom. The summed E-state index contributed by atoms with van der Waals surface area (Å²) in [5.41, 5.74) is -1.29. The van der Waals surface area contributed by atoms with Gasteiger partial charge in [0.15, 0.2) is 15.3 Å². The van der Waals surface area contributed by atoms with Gasteiger partial charge in [-0.2, -0.15) is 5.26 Å². The monoisotopic (exact) mass is 265 g/mol. The molecular weight excluding hydrogens is 254 g/mol. The molecule has 1 aromatic rings. The molecule has 1 saturated carbocycles. The average molecular weight is 265 g/mol. The first-order valence-electron chi connectivity index (χ1n) is 5.24. The Kier molecular flexibility index (Phi) is 2.67. The van der Waals surface area contributed by atoms with Gasteiger partial charge in [-0.25, -0.2) is 8.42 Å². The summed E-state index contributed by atoms with van der Waals surface area (Å²) >= 11 is 0. The van der Waals surface area contributed by atoms with Gasteiger partial charge in [0.05, 0.1) is 6.07 Å². The highest BCUT2D eigenvalue weighted by atomic mass is 32.2. The van der Waals surface area contributed by atoms with Crippen LogP contribution in [0.1, 0.15) is 11.5 Å². The maximum absolute atomic E-state index is 11.6. The van der Waals surface area contributed by atoms with Crippen molar-refractivity contribution in [3.05, 3.63) is 35.9 Å². The molecular formula is C12H11NO4S. The van der Waals surface area contributed by atoms with Gasteiger partial charge >= 0.3 is 5.97 Å². The van der Waals surface area contributed by atoms with Crippen molar-refractivity contribution in [3.63, 3.8) is 0 Å². The maximum atomic E-state index is 11.6. The van der Waals surface area contributed by atoms with E-state index >= 15 is 0 Å². The summed E-state index contributed by atoms with van der Waals surface area (Å²) in [5.74, 6) is -2.18. The van der Waals surface area contributed by atoms with Gasteiger partial charge < -0.3 is 5.11 Å². The molecule has 0 unspecified atom stereocenters. The number of carbonyl (C=O) groups is 1. The van der Waals surface area contributed by atoms with Crippen LogP contribution in [0.2, 0.25) is 0 Å². The van der Waals surface area contributed by atoms with Crippen LogP contribution in [-0.2, 0) is 14.6 Å². The van der Waals surface area contributed by atoms with Gasteiger partial charge in [-0.3, -0.25) is 4.79 Å². The van der Waals surface area contributed by atoms with Crippen LogP contribution in [0.25, 0.3) is 0 Å². The largest absolute Gasteiger partial charge is 0.480 e. The van der Waals surface area contributed by atoms with Gasteiger partial charge in [0.2, 0.25) is 0 Å². The lowest BCUT2D eigenvalue weighted by atomic mass is 10.0. The zero-order valence-electron chi connectivity index (χ0n) is 9.57. The van der Waals surface area contributed by atoms with E-state index in [1.54, 1.807) is 36.4 Å². The van der Waals surface area contributed by atoms with E-state index in [0.717, 1.165) is 6.26 Å². The number of hydrogen-bond acceptors (Lipinski definition) is 4. The molecule has 1 aliphatic carbocycles. The van der Waals surface area contributed by atoms with E-state index in [1.165, 1.54) is 0 Å². The van der Waals surface area contributed by atoms with Gasteiger partial charge in [0.1, 0.15) is 5.25 Å². The highest BCUT2D eigenvalue weighted by Gasteiger charge is 2.76. The number of rotatable bonds is 3. The Morgan fingerprint density at radius 2 is 1.94 bits per heavy atom. The van der Waals surface area contributed by atoms with Gasteiger partial charge in [-0.05, 0) is 5.56 Å². The summed E-state index contributed by atoms with van der Waals surface area (Å²) in [7, 11) is -3.60. The van der Waals surface area contributed by atoms with Crippen LogP contribution in [0, 0.1) is 16.7 Å². The van der Waals surface area contributed by atoms with Crippen LogP contribution in [0.5, 0.6) is 0 Å². The third-order valence-electron chi connectivity index (χ3n) is 3.29. The smallest absolute Gasteiger partial charge is 0.326 e. The fourth-order valence-corrected chi connectivity index (χ4v) is 4.24. The standard InChI is InChI=1S/C12H11NO4S/c1-18(16,17)10-9(8-5-3-2-4-6-8)12(10,7-13)11(14)15/h2-6,9-10H,1H3,(H,14,15)/t9-,10+,12+/m0/s1. The van der Waals surface area contributed by atoms with Crippen LogP contribution >= 0.6 is 0 Å². The van der Waals surface area contributed by atoms with Crippen LogP contribution in [-0.4, -0.2) is 31.0 Å². The molecule has 0 saturated heterocycles. The molecule has 0 spiro atoms. The summed E-state index contributed by atoms with van der Waals surface area (Å²) in [6.45, 7) is 0. The minimum atomic E-state index is -3.60. The van der Waals surface area contributed by atoms with Gasteiger partial charge in [-0.1, -0.05) is 30.3 Å². The van der Waals surface area contributed by atoms with E-state index in [9.17, 15) is 18.3 Å². The summed E-state index contributed by atoms with van der Waals surface area (Å²) in [6.07, 6.45) is 0.968. The zero-order valence-corrected chi connectivity index (χ0v) is 10.4. The number of aliphatic carboxylic acids is 1. The Morgan fingerprint density at radius 3 is 2.28 bits per heavy atom. The fraction of sp³-hybridized carbons (Fsp3) is 0.333. The predicted octanol–water partition coefficient (Wildman–Crippen LogP) is 0.792. The van der Waals surface area contributed by atoms with Crippen LogP contribution in [0.3, 0.4) is 0 Å². The molecule has 0 amide bonds. The highest BCUT2D eigenvalue weighted by Crippen LogP contribution is 2.62. The minimum absolute atomic E-state index is 0.567. The number of nitriles is 1. The first-order valence-corrected chi connectivity index (χ1v) is 7.19. The molecule has 0 aromatic heterocycles. The molecule has 2 rings (SSSR count). The van der Waals surface area contributed by atoms with Crippen LogP contribution in [0.15, 0.2) is 30.3 Å². The first kappa shape index (κ1) is 12.6. The highest BCUT2D eigenvalue weighted by molar-refractivity contribution is 7.91. The summed E-state index contributed by atoms with van der Waals surface area (Å²) in [5, 5.41) is 17.1. The Hall–Kier alpha value is -1.87. The number of nitrogens with zero attached hydrogens (tertiary/aromatic N) is 1. The molecule has 0 heterocycles. The maximum Gasteiger partial charge on any atom is 0.326 e. The van der Waals surface area contributed by atoms with Gasteiger partial charge in [0.25, 0.3) is 0 Å². The van der Waals surface area contributed by atoms with Gasteiger partial charge in [-0.15, -0.1) is 0 Å². The molecule has 3 atom stereocenters. The zero-order chi connectivity index (χ0) is 13.6. The molecule has 18 heavy (non-hydrogen) atoms. The molecule has 5 nitrogen and oxygen atoms in total. The first-order chi connectivity index (χ1) is 8.35. The van der Waals surface area contributed by atoms with Crippen molar-refractivity contribution >= 4 is 15.8 Å². The summed E-state index contributed by atoms with van der Waals surface area (Å²) in [4.78, 5) is 11.3. The molecule has 1 aliphatic rings. The minimum Gasteiger partial charge on any atom is -0.480 e. The lowest BCUT2D eigenvalue weighted by Gasteiger charge is -2.01. The molecule has 1 aromatic carbocycles. The van der Waals surface area contributed by atoms with Gasteiger partial charge in [0, 0.05) is 12.2 Å². The van der Waals surface area contributed by atoms with E-state index in [1.807, 2.05) is 0 Å². The number of benzene rings is 1. The third-order valence-corrected chi connectivity index (χ3v) is 4.86. The lowest BCUT2D eigenvalue weighted by molar-refractivity contribution is -0.141. The lowest BCUT2D eigenvalue weighted by Crippen LogP contribution is -2.21. The summed E-state index contributed by atoms with van der Waals surface area (Å²) in [6, 6.07) is 10.1. The van der Waals surface area contributed by atoms with E-state index in [0.29, 0.717) is 5.56 Å². The Balaban J connectivity index is 2.55. The van der Waals surface area contributed by atoms with Crippen LogP contribution < -0.4 is 0 Å². The molecule has 0 bridgehead atoms. The van der Waals surface area contributed by atoms with E-state index < -0.39 is 32.4 Å². The van der Waals surface area contributed by atoms with E-state index in [2.05, 4.69) is 0 Å². The molecule has 94 valence electrons. The second kappa shape index (κ2) is 3.82. The van der Waals surface area contributed by atoms with Crippen LogP contribution in [0.4, 0.5) is 0 Å². The summed E-state index contributed by atoms with van der Waals surface area (Å²) < 4.78 is 23.3. The van der Waals surface area contributed by atoms with Crippen molar-refractivity contribution in [2.24, 2.45) is 5.41 Å². The molecule has 1 N–H and O–H groups in total. The van der Waals surface area contributed by atoms with E-state index in [4.69, 9.17) is 5.26 Å².